The number of nitrogens with one attached hydrogen (secondary N) is 1. The SMILES string of the molecule is CCCNC(COC(C)C)c1ccnn1CCC. The lowest BCUT2D eigenvalue weighted by Gasteiger charge is -2.21. The van der Waals surface area contributed by atoms with Crippen LogP contribution in [0, 0.1) is 0 Å². The lowest BCUT2D eigenvalue weighted by atomic mass is 10.2. The zero-order valence-corrected chi connectivity index (χ0v) is 12.1. The van der Waals surface area contributed by atoms with E-state index in [4.69, 9.17) is 4.74 Å². The molecule has 1 aromatic heterocycles. The zero-order chi connectivity index (χ0) is 13.4. The molecule has 0 saturated carbocycles. The second kappa shape index (κ2) is 8.27. The number of ether oxygens (including phenoxy) is 1. The highest BCUT2D eigenvalue weighted by Gasteiger charge is 2.16. The van der Waals surface area contributed by atoms with Crippen molar-refractivity contribution in [1.82, 2.24) is 15.1 Å². The normalized spacial score (nSPS) is 13.2. The molecule has 0 saturated heterocycles. The first-order valence-corrected chi connectivity index (χ1v) is 7.05. The fourth-order valence-corrected chi connectivity index (χ4v) is 1.89. The molecule has 4 nitrogen and oxygen atoms in total. The van der Waals surface area contributed by atoms with Gasteiger partial charge in [0.05, 0.1) is 24.4 Å². The molecule has 0 aromatic carbocycles. The predicted molar refractivity (Wildman–Crippen MR) is 74.6 cm³/mol. The third kappa shape index (κ3) is 4.78. The second-order valence-electron chi connectivity index (χ2n) is 4.87. The van der Waals surface area contributed by atoms with Crippen molar-refractivity contribution in [2.75, 3.05) is 13.2 Å². The Bertz CT molecular complexity index is 323. The maximum atomic E-state index is 5.75. The lowest BCUT2D eigenvalue weighted by molar-refractivity contribution is 0.0593. The molecule has 0 radical (unpaired) electrons. The Morgan fingerprint density at radius 2 is 2.11 bits per heavy atom. The molecule has 1 aromatic rings. The van der Waals surface area contributed by atoms with Crippen LogP contribution in [0.15, 0.2) is 12.3 Å². The topological polar surface area (TPSA) is 39.1 Å². The van der Waals surface area contributed by atoms with E-state index in [1.165, 1.54) is 5.69 Å². The van der Waals surface area contributed by atoms with Crippen molar-refractivity contribution >= 4 is 0 Å². The van der Waals surface area contributed by atoms with Gasteiger partial charge in [-0.2, -0.15) is 5.10 Å². The minimum absolute atomic E-state index is 0.237. The van der Waals surface area contributed by atoms with Gasteiger partial charge in [-0.25, -0.2) is 0 Å². The number of aromatic nitrogens is 2. The van der Waals surface area contributed by atoms with E-state index < -0.39 is 0 Å². The second-order valence-corrected chi connectivity index (χ2v) is 4.87. The third-order valence-electron chi connectivity index (χ3n) is 2.78. The summed E-state index contributed by atoms with van der Waals surface area (Å²) >= 11 is 0. The summed E-state index contributed by atoms with van der Waals surface area (Å²) in [6.45, 7) is 11.2. The minimum Gasteiger partial charge on any atom is -0.377 e. The molecule has 18 heavy (non-hydrogen) atoms. The van der Waals surface area contributed by atoms with Gasteiger partial charge < -0.3 is 10.1 Å². The number of hydrogen-bond acceptors (Lipinski definition) is 3. The number of nitrogens with zero attached hydrogens (tertiary/aromatic N) is 2. The summed E-state index contributed by atoms with van der Waals surface area (Å²) < 4.78 is 7.83. The Morgan fingerprint density at radius 1 is 1.33 bits per heavy atom. The Kier molecular flexibility index (Phi) is 6.98. The third-order valence-corrected chi connectivity index (χ3v) is 2.78. The fourth-order valence-electron chi connectivity index (χ4n) is 1.89. The zero-order valence-electron chi connectivity index (χ0n) is 12.1. The Labute approximate surface area is 111 Å². The summed E-state index contributed by atoms with van der Waals surface area (Å²) in [7, 11) is 0. The van der Waals surface area contributed by atoms with Gasteiger partial charge in [-0.3, -0.25) is 4.68 Å². The number of rotatable bonds is 9. The highest BCUT2D eigenvalue weighted by Crippen LogP contribution is 2.14. The van der Waals surface area contributed by atoms with Crippen LogP contribution in [0.4, 0.5) is 0 Å². The van der Waals surface area contributed by atoms with Crippen LogP contribution >= 0.6 is 0 Å². The molecule has 4 heteroatoms. The summed E-state index contributed by atoms with van der Waals surface area (Å²) in [5, 5.41) is 7.92. The molecule has 0 aliphatic rings. The maximum absolute atomic E-state index is 5.75. The van der Waals surface area contributed by atoms with Crippen molar-refractivity contribution in [2.24, 2.45) is 0 Å². The monoisotopic (exact) mass is 253 g/mol. The highest BCUT2D eigenvalue weighted by atomic mass is 16.5. The molecule has 0 aliphatic carbocycles. The molecule has 0 bridgehead atoms. The van der Waals surface area contributed by atoms with Crippen LogP contribution in [0.25, 0.3) is 0 Å². The maximum Gasteiger partial charge on any atom is 0.0729 e. The Balaban J connectivity index is 2.69. The summed E-state index contributed by atoms with van der Waals surface area (Å²) in [5.74, 6) is 0. The molecule has 1 unspecified atom stereocenters. The number of aryl methyl sites for hydroxylation is 1. The first-order chi connectivity index (χ1) is 8.69. The van der Waals surface area contributed by atoms with Gasteiger partial charge in [0.2, 0.25) is 0 Å². The highest BCUT2D eigenvalue weighted by molar-refractivity contribution is 5.07. The van der Waals surface area contributed by atoms with Crippen molar-refractivity contribution in [1.29, 1.82) is 0 Å². The van der Waals surface area contributed by atoms with Crippen molar-refractivity contribution in [2.45, 2.75) is 59.2 Å². The van der Waals surface area contributed by atoms with E-state index in [9.17, 15) is 0 Å². The molecule has 0 amide bonds. The first kappa shape index (κ1) is 15.2. The van der Waals surface area contributed by atoms with E-state index in [1.54, 1.807) is 0 Å². The number of hydrogen-bond donors (Lipinski definition) is 1. The molecule has 1 heterocycles. The van der Waals surface area contributed by atoms with Crippen molar-refractivity contribution < 1.29 is 4.74 Å². The standard InChI is InChI=1S/C14H27N3O/c1-5-8-15-13(11-18-12(3)4)14-7-9-16-17(14)10-6-2/h7,9,12-13,15H,5-6,8,10-11H2,1-4H3. The van der Waals surface area contributed by atoms with Crippen LogP contribution in [0.1, 0.15) is 52.3 Å². The van der Waals surface area contributed by atoms with E-state index in [2.05, 4.69) is 48.9 Å². The van der Waals surface area contributed by atoms with Crippen LogP contribution in [0.3, 0.4) is 0 Å². The van der Waals surface area contributed by atoms with Gasteiger partial charge in [-0.1, -0.05) is 13.8 Å². The summed E-state index contributed by atoms with van der Waals surface area (Å²) in [4.78, 5) is 0. The van der Waals surface area contributed by atoms with Gasteiger partial charge in [0.1, 0.15) is 0 Å². The summed E-state index contributed by atoms with van der Waals surface area (Å²) in [6, 6.07) is 2.33. The van der Waals surface area contributed by atoms with Crippen molar-refractivity contribution in [3.8, 4) is 0 Å². The van der Waals surface area contributed by atoms with Gasteiger partial charge in [-0.15, -0.1) is 0 Å². The average Bonchev–Trinajstić information content (AvgIpc) is 2.78. The van der Waals surface area contributed by atoms with Crippen LogP contribution < -0.4 is 5.32 Å². The molecule has 0 aliphatic heterocycles. The molecule has 104 valence electrons. The van der Waals surface area contributed by atoms with Gasteiger partial charge in [0.25, 0.3) is 0 Å². The smallest absolute Gasteiger partial charge is 0.0729 e. The lowest BCUT2D eigenvalue weighted by Crippen LogP contribution is -2.29. The van der Waals surface area contributed by atoms with Crippen LogP contribution in [-0.2, 0) is 11.3 Å². The Hall–Kier alpha value is -0.870. The van der Waals surface area contributed by atoms with E-state index >= 15 is 0 Å². The van der Waals surface area contributed by atoms with Crippen LogP contribution in [-0.4, -0.2) is 29.0 Å². The van der Waals surface area contributed by atoms with Gasteiger partial charge in [-0.05, 0) is 39.3 Å². The van der Waals surface area contributed by atoms with Gasteiger partial charge in [0.15, 0.2) is 0 Å². The van der Waals surface area contributed by atoms with Crippen LogP contribution in [0.5, 0.6) is 0 Å². The minimum atomic E-state index is 0.237. The van der Waals surface area contributed by atoms with Crippen LogP contribution in [0.2, 0.25) is 0 Å². The van der Waals surface area contributed by atoms with E-state index in [1.807, 2.05) is 6.20 Å². The van der Waals surface area contributed by atoms with E-state index in [-0.39, 0.29) is 12.1 Å². The molecular weight excluding hydrogens is 226 g/mol. The molecule has 1 rings (SSSR count). The predicted octanol–water partition coefficient (Wildman–Crippen LogP) is 2.76. The first-order valence-electron chi connectivity index (χ1n) is 7.05. The average molecular weight is 253 g/mol. The van der Waals surface area contributed by atoms with Gasteiger partial charge in [0, 0.05) is 12.7 Å². The largest absolute Gasteiger partial charge is 0.377 e. The van der Waals surface area contributed by atoms with Crippen molar-refractivity contribution in [3.05, 3.63) is 18.0 Å². The molecule has 1 atom stereocenters. The molecule has 0 spiro atoms. The molecule has 1 N–H and O–H groups in total. The molecular formula is C14H27N3O. The summed E-state index contributed by atoms with van der Waals surface area (Å²) in [6.07, 6.45) is 4.36. The van der Waals surface area contributed by atoms with E-state index in [0.717, 1.165) is 25.9 Å². The van der Waals surface area contributed by atoms with Gasteiger partial charge >= 0.3 is 0 Å². The Morgan fingerprint density at radius 3 is 2.72 bits per heavy atom. The van der Waals surface area contributed by atoms with E-state index in [0.29, 0.717) is 6.61 Å². The summed E-state index contributed by atoms with van der Waals surface area (Å²) in [5.41, 5.74) is 1.23. The molecule has 0 fully saturated rings. The quantitative estimate of drug-likeness (QED) is 0.735. The van der Waals surface area contributed by atoms with Crippen molar-refractivity contribution in [3.63, 3.8) is 0 Å². The fraction of sp³-hybridized carbons (Fsp3) is 0.786.